The van der Waals surface area contributed by atoms with E-state index in [-0.39, 0.29) is 10.5 Å². The number of carbonyl (C=O) groups is 1. The zero-order chi connectivity index (χ0) is 23.2. The van der Waals surface area contributed by atoms with Crippen LogP contribution in [0, 0.1) is 0 Å². The first kappa shape index (κ1) is 21.8. The number of hydrogen-bond donors (Lipinski definition) is 1. The summed E-state index contributed by atoms with van der Waals surface area (Å²) in [6.07, 6.45) is 1.18. The van der Waals surface area contributed by atoms with Gasteiger partial charge in [0.25, 0.3) is 0 Å². The summed E-state index contributed by atoms with van der Waals surface area (Å²) in [5, 5.41) is 20.5. The molecule has 0 atom stereocenters. The Hall–Kier alpha value is -3.06. The van der Waals surface area contributed by atoms with Crippen molar-refractivity contribution in [1.29, 1.82) is 0 Å². The number of thiazole rings is 1. The van der Waals surface area contributed by atoms with E-state index in [0.717, 1.165) is 15.3 Å². The van der Waals surface area contributed by atoms with Crippen molar-refractivity contribution in [2.45, 2.75) is 14.4 Å². The highest BCUT2D eigenvalue weighted by molar-refractivity contribution is 8.01. The molecule has 0 saturated carbocycles. The summed E-state index contributed by atoms with van der Waals surface area (Å²) in [6, 6.07) is 15.2. The lowest BCUT2D eigenvalue weighted by molar-refractivity contribution is 0.0697. The zero-order valence-corrected chi connectivity index (χ0v) is 20.1. The van der Waals surface area contributed by atoms with E-state index >= 15 is 0 Å². The highest BCUT2D eigenvalue weighted by atomic mass is 32.2. The second kappa shape index (κ2) is 8.37. The Balaban J connectivity index is 1.58. The molecule has 8 nitrogen and oxygen atoms in total. The van der Waals surface area contributed by atoms with Gasteiger partial charge in [0.05, 0.1) is 25.6 Å². The SMILES string of the molecule is CS(=O)(=O)c1ccc2nc(Sc3nnc(-c4cccs4)n3-c3ccc(C(=O)O)cc3)sc2c1. The monoisotopic (exact) mass is 514 g/mol. The number of sulfone groups is 1. The van der Waals surface area contributed by atoms with Crippen molar-refractivity contribution in [2.75, 3.05) is 6.26 Å². The number of benzene rings is 2. The number of hydrogen-bond acceptors (Lipinski definition) is 9. The molecule has 0 aliphatic rings. The van der Waals surface area contributed by atoms with Gasteiger partial charge in [-0.05, 0) is 65.7 Å². The second-order valence-electron chi connectivity index (χ2n) is 6.95. The summed E-state index contributed by atoms with van der Waals surface area (Å²) in [5.74, 6) is -0.364. The maximum absolute atomic E-state index is 11.9. The number of aromatic nitrogens is 4. The molecule has 0 unspecified atom stereocenters. The first-order valence-corrected chi connectivity index (χ1v) is 13.8. The molecule has 5 rings (SSSR count). The molecule has 3 aromatic heterocycles. The molecule has 166 valence electrons. The van der Waals surface area contributed by atoms with Crippen molar-refractivity contribution in [3.05, 3.63) is 65.5 Å². The van der Waals surface area contributed by atoms with Crippen molar-refractivity contribution >= 4 is 60.5 Å². The summed E-state index contributed by atoms with van der Waals surface area (Å²) in [5.41, 5.74) is 1.60. The Morgan fingerprint density at radius 3 is 2.55 bits per heavy atom. The van der Waals surface area contributed by atoms with Gasteiger partial charge in [-0.15, -0.1) is 32.9 Å². The Morgan fingerprint density at radius 1 is 1.09 bits per heavy atom. The van der Waals surface area contributed by atoms with Gasteiger partial charge in [0.2, 0.25) is 5.16 Å². The number of carboxylic acids is 1. The number of fused-ring (bicyclic) bond motifs is 1. The van der Waals surface area contributed by atoms with Crippen molar-refractivity contribution < 1.29 is 18.3 Å². The van der Waals surface area contributed by atoms with Crippen LogP contribution in [0.3, 0.4) is 0 Å². The van der Waals surface area contributed by atoms with Crippen LogP contribution >= 0.6 is 34.4 Å². The van der Waals surface area contributed by atoms with E-state index in [4.69, 9.17) is 0 Å². The van der Waals surface area contributed by atoms with Crippen LogP contribution < -0.4 is 0 Å². The van der Waals surface area contributed by atoms with Gasteiger partial charge in [-0.3, -0.25) is 4.57 Å². The average molecular weight is 515 g/mol. The third-order valence-electron chi connectivity index (χ3n) is 4.69. The molecule has 0 spiro atoms. The van der Waals surface area contributed by atoms with Crippen molar-refractivity contribution in [3.63, 3.8) is 0 Å². The molecule has 0 bridgehead atoms. The maximum Gasteiger partial charge on any atom is 0.335 e. The number of aromatic carboxylic acids is 1. The lowest BCUT2D eigenvalue weighted by Gasteiger charge is -2.09. The molecule has 1 N–H and O–H groups in total. The lowest BCUT2D eigenvalue weighted by Crippen LogP contribution is -2.01. The Kier molecular flexibility index (Phi) is 5.52. The number of rotatable bonds is 6. The van der Waals surface area contributed by atoms with E-state index in [0.29, 0.717) is 20.8 Å². The summed E-state index contributed by atoms with van der Waals surface area (Å²) in [7, 11) is -3.31. The standard InChI is InChI=1S/C21H14N4O4S4/c1-33(28,29)14-8-9-15-17(11-14)31-21(22-15)32-20-24-23-18(16-3-2-10-30-16)25(20)13-6-4-12(5-7-13)19(26)27/h2-11H,1H3,(H,26,27). The first-order chi connectivity index (χ1) is 15.8. The fourth-order valence-electron chi connectivity index (χ4n) is 3.12. The second-order valence-corrected chi connectivity index (χ2v) is 12.2. The predicted octanol–water partition coefficient (Wildman–Crippen LogP) is 4.86. The molecular weight excluding hydrogens is 501 g/mol. The minimum Gasteiger partial charge on any atom is -0.478 e. The Morgan fingerprint density at radius 2 is 1.88 bits per heavy atom. The third kappa shape index (κ3) is 4.29. The van der Waals surface area contributed by atoms with E-state index in [9.17, 15) is 18.3 Å². The topological polar surface area (TPSA) is 115 Å². The number of thiophene rings is 1. The lowest BCUT2D eigenvalue weighted by atomic mass is 10.2. The van der Waals surface area contributed by atoms with Gasteiger partial charge < -0.3 is 5.11 Å². The van der Waals surface area contributed by atoms with Gasteiger partial charge in [0.15, 0.2) is 20.0 Å². The van der Waals surface area contributed by atoms with Gasteiger partial charge in [-0.2, -0.15) is 0 Å². The quantitative estimate of drug-likeness (QED) is 0.342. The van der Waals surface area contributed by atoms with Gasteiger partial charge in [-0.25, -0.2) is 18.2 Å². The summed E-state index contributed by atoms with van der Waals surface area (Å²) in [4.78, 5) is 17.0. The van der Waals surface area contributed by atoms with Gasteiger partial charge in [-0.1, -0.05) is 6.07 Å². The molecule has 5 aromatic rings. The van der Waals surface area contributed by atoms with Crippen LogP contribution in [-0.2, 0) is 9.84 Å². The van der Waals surface area contributed by atoms with Crippen LogP contribution in [0.25, 0.3) is 26.6 Å². The molecule has 3 heterocycles. The van der Waals surface area contributed by atoms with E-state index in [2.05, 4.69) is 15.2 Å². The van der Waals surface area contributed by atoms with Crippen LogP contribution in [-0.4, -0.2) is 45.5 Å². The highest BCUT2D eigenvalue weighted by Gasteiger charge is 2.20. The van der Waals surface area contributed by atoms with Crippen LogP contribution in [0.5, 0.6) is 0 Å². The highest BCUT2D eigenvalue weighted by Crippen LogP contribution is 2.37. The molecule has 0 aliphatic heterocycles. The molecular formula is C21H14N4O4S4. The normalized spacial score (nSPS) is 11.8. The molecule has 0 aliphatic carbocycles. The van der Waals surface area contributed by atoms with Crippen LogP contribution in [0.2, 0.25) is 0 Å². The smallest absolute Gasteiger partial charge is 0.335 e. The average Bonchev–Trinajstić information content (AvgIpc) is 3.52. The minimum atomic E-state index is -3.31. The van der Waals surface area contributed by atoms with Crippen molar-refractivity contribution in [1.82, 2.24) is 19.7 Å². The maximum atomic E-state index is 11.9. The van der Waals surface area contributed by atoms with Gasteiger partial charge >= 0.3 is 5.97 Å². The van der Waals surface area contributed by atoms with Gasteiger partial charge in [0.1, 0.15) is 0 Å². The molecule has 12 heteroatoms. The largest absolute Gasteiger partial charge is 0.478 e. The van der Waals surface area contributed by atoms with Crippen molar-refractivity contribution in [2.24, 2.45) is 0 Å². The zero-order valence-electron chi connectivity index (χ0n) is 16.9. The molecule has 0 radical (unpaired) electrons. The Labute approximate surface area is 200 Å². The predicted molar refractivity (Wildman–Crippen MR) is 128 cm³/mol. The van der Waals surface area contributed by atoms with Gasteiger partial charge in [0, 0.05) is 11.9 Å². The third-order valence-corrected chi connectivity index (χ3v) is 8.70. The summed E-state index contributed by atoms with van der Waals surface area (Å²) < 4.78 is 27.1. The van der Waals surface area contributed by atoms with Crippen molar-refractivity contribution in [3.8, 4) is 16.4 Å². The van der Waals surface area contributed by atoms with Crippen LogP contribution in [0.15, 0.2) is 74.4 Å². The summed E-state index contributed by atoms with van der Waals surface area (Å²) >= 11 is 4.21. The van der Waals surface area contributed by atoms with E-state index in [1.807, 2.05) is 22.1 Å². The molecule has 0 saturated heterocycles. The molecule has 0 fully saturated rings. The first-order valence-electron chi connectivity index (χ1n) is 9.41. The molecule has 2 aromatic carbocycles. The molecule has 0 amide bonds. The fraction of sp³-hybridized carbons (Fsp3) is 0.0476. The number of carboxylic acid groups (broad SMARTS) is 1. The van der Waals surface area contributed by atoms with Crippen LogP contribution in [0.4, 0.5) is 0 Å². The summed E-state index contributed by atoms with van der Waals surface area (Å²) in [6.45, 7) is 0. The number of nitrogens with zero attached hydrogens (tertiary/aromatic N) is 4. The minimum absolute atomic E-state index is 0.187. The van der Waals surface area contributed by atoms with E-state index in [1.54, 1.807) is 30.3 Å². The van der Waals surface area contributed by atoms with E-state index < -0.39 is 15.8 Å². The van der Waals surface area contributed by atoms with Crippen LogP contribution in [0.1, 0.15) is 10.4 Å². The Bertz CT molecular complexity index is 1590. The molecule has 33 heavy (non-hydrogen) atoms. The van der Waals surface area contributed by atoms with E-state index in [1.165, 1.54) is 52.8 Å². The fourth-order valence-corrected chi connectivity index (χ4v) is 6.60.